The van der Waals surface area contributed by atoms with E-state index >= 15 is 0 Å². The molecule has 3 aliphatic rings. The Labute approximate surface area is 178 Å². The summed E-state index contributed by atoms with van der Waals surface area (Å²) in [6.07, 6.45) is 6.44. The first kappa shape index (κ1) is 21.2. The summed E-state index contributed by atoms with van der Waals surface area (Å²) in [7, 11) is 0. The summed E-state index contributed by atoms with van der Waals surface area (Å²) >= 11 is 0. The van der Waals surface area contributed by atoms with Crippen LogP contribution in [0.25, 0.3) is 0 Å². The molecule has 4 rings (SSSR count). The van der Waals surface area contributed by atoms with Gasteiger partial charge in [0.05, 0.1) is 11.1 Å². The molecule has 5 heteroatoms. The number of phenols is 3. The first-order valence-corrected chi connectivity index (χ1v) is 11.2. The molecule has 164 valence electrons. The molecule has 30 heavy (non-hydrogen) atoms. The van der Waals surface area contributed by atoms with Crippen molar-refractivity contribution in [2.75, 3.05) is 0 Å². The second-order valence-corrected chi connectivity index (χ2v) is 11.2. The summed E-state index contributed by atoms with van der Waals surface area (Å²) in [6.45, 7) is 11.4. The predicted molar refractivity (Wildman–Crippen MR) is 114 cm³/mol. The Balaban J connectivity index is 1.87. The van der Waals surface area contributed by atoms with Gasteiger partial charge in [0, 0.05) is 5.56 Å². The van der Waals surface area contributed by atoms with Gasteiger partial charge in [-0.3, -0.25) is 9.59 Å². The van der Waals surface area contributed by atoms with Gasteiger partial charge in [-0.25, -0.2) is 0 Å². The lowest BCUT2D eigenvalue weighted by Crippen LogP contribution is -2.37. The molecule has 0 spiro atoms. The lowest BCUT2D eigenvalue weighted by Gasteiger charge is -2.45. The molecule has 0 amide bonds. The monoisotopic (exact) mass is 414 g/mol. The molecule has 1 aromatic rings. The van der Waals surface area contributed by atoms with E-state index in [1.807, 2.05) is 6.92 Å². The highest BCUT2D eigenvalue weighted by atomic mass is 16.3. The number of aldehydes is 2. The second-order valence-electron chi connectivity index (χ2n) is 11.2. The van der Waals surface area contributed by atoms with E-state index in [0.29, 0.717) is 35.7 Å². The zero-order valence-corrected chi connectivity index (χ0v) is 18.7. The van der Waals surface area contributed by atoms with Crippen molar-refractivity contribution in [1.82, 2.24) is 0 Å². The van der Waals surface area contributed by atoms with Gasteiger partial charge in [-0.1, -0.05) is 41.0 Å². The predicted octanol–water partition coefficient (Wildman–Crippen LogP) is 5.41. The van der Waals surface area contributed by atoms with E-state index in [2.05, 4.69) is 27.7 Å². The SMILES string of the molecule is CC(c1c(O)c(C=O)c(O)c(C=O)c1O)C1(C)CCC2(C)CCC[C@@H]3[C@H]([C@@H]21)C3(C)C. The molecular weight excluding hydrogens is 380 g/mol. The fraction of sp³-hybridized carbons (Fsp3) is 0.680. The molecule has 0 aliphatic heterocycles. The molecule has 6 atom stereocenters. The van der Waals surface area contributed by atoms with Crippen LogP contribution in [0.3, 0.4) is 0 Å². The van der Waals surface area contributed by atoms with Crippen LogP contribution in [0.2, 0.25) is 0 Å². The van der Waals surface area contributed by atoms with Crippen LogP contribution < -0.4 is 0 Å². The molecule has 0 bridgehead atoms. The van der Waals surface area contributed by atoms with Crippen LogP contribution >= 0.6 is 0 Å². The quantitative estimate of drug-likeness (QED) is 0.573. The van der Waals surface area contributed by atoms with Crippen LogP contribution in [-0.2, 0) is 0 Å². The van der Waals surface area contributed by atoms with Crippen LogP contribution in [0.15, 0.2) is 0 Å². The molecule has 5 nitrogen and oxygen atoms in total. The van der Waals surface area contributed by atoms with Crippen molar-refractivity contribution in [1.29, 1.82) is 0 Å². The molecule has 0 radical (unpaired) electrons. The number of carbonyl (C=O) groups is 2. The molecule has 0 saturated heterocycles. The average Bonchev–Trinajstić information content (AvgIpc) is 3.15. The molecular formula is C25H34O5. The van der Waals surface area contributed by atoms with Gasteiger partial charge in [-0.15, -0.1) is 0 Å². The largest absolute Gasteiger partial charge is 0.507 e. The van der Waals surface area contributed by atoms with Gasteiger partial charge in [0.1, 0.15) is 17.2 Å². The van der Waals surface area contributed by atoms with Crippen molar-refractivity contribution in [2.45, 2.75) is 72.6 Å². The molecule has 3 fully saturated rings. The molecule has 3 aliphatic carbocycles. The van der Waals surface area contributed by atoms with Crippen LogP contribution in [0.1, 0.15) is 98.9 Å². The van der Waals surface area contributed by atoms with Crippen molar-refractivity contribution in [3.63, 3.8) is 0 Å². The van der Waals surface area contributed by atoms with E-state index in [1.54, 1.807) is 0 Å². The number of rotatable bonds is 4. The van der Waals surface area contributed by atoms with Crippen molar-refractivity contribution in [3.8, 4) is 17.2 Å². The van der Waals surface area contributed by atoms with E-state index < -0.39 is 17.2 Å². The first-order valence-electron chi connectivity index (χ1n) is 11.2. The van der Waals surface area contributed by atoms with Gasteiger partial charge in [-0.2, -0.15) is 0 Å². The summed E-state index contributed by atoms with van der Waals surface area (Å²) in [6, 6.07) is 0. The summed E-state index contributed by atoms with van der Waals surface area (Å²) in [4.78, 5) is 23.1. The minimum Gasteiger partial charge on any atom is -0.507 e. The van der Waals surface area contributed by atoms with Crippen molar-refractivity contribution in [3.05, 3.63) is 16.7 Å². The van der Waals surface area contributed by atoms with Gasteiger partial charge < -0.3 is 15.3 Å². The fourth-order valence-corrected chi connectivity index (χ4v) is 7.73. The smallest absolute Gasteiger partial charge is 0.157 e. The third kappa shape index (κ3) is 2.53. The van der Waals surface area contributed by atoms with E-state index in [-0.39, 0.29) is 33.4 Å². The molecule has 3 N–H and O–H groups in total. The van der Waals surface area contributed by atoms with E-state index in [9.17, 15) is 24.9 Å². The molecule has 3 unspecified atom stereocenters. The zero-order valence-electron chi connectivity index (χ0n) is 18.7. The van der Waals surface area contributed by atoms with Gasteiger partial charge in [0.2, 0.25) is 0 Å². The number of carbonyl (C=O) groups excluding carboxylic acids is 2. The van der Waals surface area contributed by atoms with Crippen LogP contribution in [0.4, 0.5) is 0 Å². The van der Waals surface area contributed by atoms with Crippen molar-refractivity contribution >= 4 is 12.6 Å². The molecule has 1 aromatic carbocycles. The normalized spacial score (nSPS) is 37.6. The Bertz CT molecular complexity index is 884. The van der Waals surface area contributed by atoms with Crippen molar-refractivity contribution in [2.24, 2.45) is 34.0 Å². The van der Waals surface area contributed by atoms with E-state index in [1.165, 1.54) is 19.3 Å². The minimum absolute atomic E-state index is 0.206. The van der Waals surface area contributed by atoms with Gasteiger partial charge in [0.25, 0.3) is 0 Å². The van der Waals surface area contributed by atoms with Crippen LogP contribution in [0, 0.1) is 34.0 Å². The third-order valence-electron chi connectivity index (χ3n) is 9.65. The highest BCUT2D eigenvalue weighted by Gasteiger charge is 2.70. The van der Waals surface area contributed by atoms with E-state index in [4.69, 9.17) is 0 Å². The summed E-state index contributed by atoms with van der Waals surface area (Å²) < 4.78 is 0. The fourth-order valence-electron chi connectivity index (χ4n) is 7.73. The lowest BCUT2D eigenvalue weighted by atomic mass is 9.59. The first-order chi connectivity index (χ1) is 14.0. The maximum Gasteiger partial charge on any atom is 0.157 e. The minimum atomic E-state index is -0.662. The number of aromatic hydroxyl groups is 3. The van der Waals surface area contributed by atoms with Crippen molar-refractivity contribution < 1.29 is 24.9 Å². The van der Waals surface area contributed by atoms with E-state index in [0.717, 1.165) is 12.8 Å². The number of hydrogen-bond donors (Lipinski definition) is 3. The zero-order chi connectivity index (χ0) is 22.2. The molecule has 3 saturated carbocycles. The Morgan fingerprint density at radius 2 is 1.47 bits per heavy atom. The summed E-state index contributed by atoms with van der Waals surface area (Å²) in [5, 5.41) is 31.9. The number of phenolic OH excluding ortho intramolecular Hbond substituents is 3. The number of benzene rings is 1. The third-order valence-corrected chi connectivity index (χ3v) is 9.65. The Morgan fingerprint density at radius 1 is 0.900 bits per heavy atom. The summed E-state index contributed by atoms with van der Waals surface area (Å²) in [5.41, 5.74) is -0.152. The number of hydrogen-bond acceptors (Lipinski definition) is 5. The lowest BCUT2D eigenvalue weighted by molar-refractivity contribution is 0.0653. The maximum atomic E-state index is 11.6. The standard InChI is InChI=1S/C25H34O5/c1-13(17-20(29)14(11-26)19(28)15(12-27)21(17)30)25(5)10-9-24(4)8-6-7-16-18(22(24)25)23(16,2)3/h11-13,16,18,22,28-30H,6-10H2,1-5H3/t13?,16-,18-,22+,24?,25?/m1/s1. The van der Waals surface area contributed by atoms with Gasteiger partial charge in [-0.05, 0) is 65.6 Å². The Morgan fingerprint density at radius 3 is 2.00 bits per heavy atom. The van der Waals surface area contributed by atoms with Gasteiger partial charge >= 0.3 is 0 Å². The second kappa shape index (κ2) is 6.48. The highest BCUT2D eigenvalue weighted by molar-refractivity contribution is 5.95. The average molecular weight is 415 g/mol. The molecule has 0 aromatic heterocycles. The summed E-state index contributed by atoms with van der Waals surface area (Å²) in [5.74, 6) is -0.0389. The topological polar surface area (TPSA) is 94.8 Å². The Kier molecular flexibility index (Phi) is 4.58. The maximum absolute atomic E-state index is 11.6. The Hall–Kier alpha value is -2.04. The molecule has 0 heterocycles. The van der Waals surface area contributed by atoms with Crippen LogP contribution in [-0.4, -0.2) is 27.9 Å². The van der Waals surface area contributed by atoms with Crippen LogP contribution in [0.5, 0.6) is 17.2 Å². The number of fused-ring (bicyclic) bond motifs is 3. The van der Waals surface area contributed by atoms with Gasteiger partial charge in [0.15, 0.2) is 12.6 Å². The highest BCUT2D eigenvalue weighted by Crippen LogP contribution is 2.77.